The van der Waals surface area contributed by atoms with Gasteiger partial charge in [-0.1, -0.05) is 38.0 Å². The highest BCUT2D eigenvalue weighted by molar-refractivity contribution is 5.91. The molecule has 0 saturated heterocycles. The highest BCUT2D eigenvalue weighted by Gasteiger charge is 2.10. The van der Waals surface area contributed by atoms with Crippen molar-refractivity contribution in [3.63, 3.8) is 0 Å². The molecule has 2 aromatic rings. The van der Waals surface area contributed by atoms with Crippen molar-refractivity contribution in [2.75, 3.05) is 11.9 Å². The minimum atomic E-state index is -0.702. The molecular weight excluding hydrogens is 304 g/mol. The average molecular weight is 324 g/mol. The van der Waals surface area contributed by atoms with Crippen LogP contribution in [-0.2, 0) is 0 Å². The van der Waals surface area contributed by atoms with Gasteiger partial charge in [-0.05, 0) is 30.4 Å². The van der Waals surface area contributed by atoms with Gasteiger partial charge in [-0.15, -0.1) is 0 Å². The highest BCUT2D eigenvalue weighted by Crippen LogP contribution is 2.07. The zero-order valence-electron chi connectivity index (χ0n) is 13.7. The Balaban J connectivity index is 2.26. The van der Waals surface area contributed by atoms with Gasteiger partial charge < -0.3 is 5.32 Å². The molecule has 3 N–H and O–H groups in total. The Hall–Kier alpha value is -2.91. The van der Waals surface area contributed by atoms with Crippen molar-refractivity contribution in [2.45, 2.75) is 20.3 Å². The lowest BCUT2D eigenvalue weighted by Crippen LogP contribution is -2.21. The summed E-state index contributed by atoms with van der Waals surface area (Å²) in [6.07, 6.45) is 0.949. The standard InChI is InChI=1S/C18H20N4O2/c1-13(2)10-11-19-18-20-15(12-16(21-18)17(23)22-24)9-8-14-6-4-3-5-7-14/h3-7,12-13,24H,10-11H2,1-2H3,(H,22,23)(H,19,20,21). The Kier molecular flexibility index (Phi) is 6.29. The maximum atomic E-state index is 11.6. The van der Waals surface area contributed by atoms with Gasteiger partial charge in [0.1, 0.15) is 11.4 Å². The first-order chi connectivity index (χ1) is 11.6. The predicted octanol–water partition coefficient (Wildman–Crippen LogP) is 2.45. The van der Waals surface area contributed by atoms with Crippen LogP contribution in [0.2, 0.25) is 0 Å². The Morgan fingerprint density at radius 1 is 1.21 bits per heavy atom. The van der Waals surface area contributed by atoms with Crippen LogP contribution in [0.3, 0.4) is 0 Å². The second-order valence-corrected chi connectivity index (χ2v) is 5.63. The molecule has 0 atom stereocenters. The summed E-state index contributed by atoms with van der Waals surface area (Å²) in [7, 11) is 0. The number of aromatic nitrogens is 2. The topological polar surface area (TPSA) is 87.1 Å². The van der Waals surface area contributed by atoms with Crippen LogP contribution in [0.4, 0.5) is 5.95 Å². The number of hydrogen-bond donors (Lipinski definition) is 3. The summed E-state index contributed by atoms with van der Waals surface area (Å²) < 4.78 is 0. The molecule has 1 amide bonds. The van der Waals surface area contributed by atoms with Gasteiger partial charge in [0.2, 0.25) is 5.95 Å². The van der Waals surface area contributed by atoms with Gasteiger partial charge in [0.25, 0.3) is 5.91 Å². The molecule has 6 nitrogen and oxygen atoms in total. The van der Waals surface area contributed by atoms with E-state index in [0.29, 0.717) is 24.1 Å². The van der Waals surface area contributed by atoms with E-state index in [4.69, 9.17) is 5.21 Å². The molecule has 124 valence electrons. The number of carbonyl (C=O) groups is 1. The third-order valence-electron chi connectivity index (χ3n) is 3.17. The fraction of sp³-hybridized carbons (Fsp3) is 0.278. The van der Waals surface area contributed by atoms with Gasteiger partial charge in [0.05, 0.1) is 0 Å². The number of hydroxylamine groups is 1. The van der Waals surface area contributed by atoms with E-state index < -0.39 is 5.91 Å². The van der Waals surface area contributed by atoms with Crippen LogP contribution >= 0.6 is 0 Å². The van der Waals surface area contributed by atoms with Gasteiger partial charge in [0.15, 0.2) is 0 Å². The van der Waals surface area contributed by atoms with Crippen molar-refractivity contribution in [3.05, 3.63) is 53.3 Å². The van der Waals surface area contributed by atoms with Crippen molar-refractivity contribution in [3.8, 4) is 11.8 Å². The molecule has 0 unspecified atom stereocenters. The van der Waals surface area contributed by atoms with E-state index in [2.05, 4.69) is 41.0 Å². The van der Waals surface area contributed by atoms with Crippen LogP contribution in [0.25, 0.3) is 0 Å². The third kappa shape index (κ3) is 5.38. The minimum Gasteiger partial charge on any atom is -0.354 e. The first-order valence-electron chi connectivity index (χ1n) is 7.73. The molecule has 0 bridgehead atoms. The van der Waals surface area contributed by atoms with Gasteiger partial charge in [-0.3, -0.25) is 10.0 Å². The minimum absolute atomic E-state index is 0.0527. The second-order valence-electron chi connectivity index (χ2n) is 5.63. The largest absolute Gasteiger partial charge is 0.354 e. The van der Waals surface area contributed by atoms with E-state index >= 15 is 0 Å². The number of nitrogens with one attached hydrogen (secondary N) is 2. The summed E-state index contributed by atoms with van der Waals surface area (Å²) in [5.41, 5.74) is 2.88. The molecule has 0 aliphatic carbocycles. The number of nitrogens with zero attached hydrogens (tertiary/aromatic N) is 2. The number of benzene rings is 1. The van der Waals surface area contributed by atoms with Gasteiger partial charge >= 0.3 is 0 Å². The summed E-state index contributed by atoms with van der Waals surface area (Å²) in [6.45, 7) is 4.93. The van der Waals surface area contributed by atoms with Crippen molar-refractivity contribution in [1.82, 2.24) is 15.4 Å². The second kappa shape index (κ2) is 8.65. The highest BCUT2D eigenvalue weighted by atomic mass is 16.5. The lowest BCUT2D eigenvalue weighted by molar-refractivity contribution is 0.0700. The Morgan fingerprint density at radius 2 is 1.96 bits per heavy atom. The van der Waals surface area contributed by atoms with Crippen LogP contribution in [-0.4, -0.2) is 27.6 Å². The maximum absolute atomic E-state index is 11.6. The van der Waals surface area contributed by atoms with Crippen molar-refractivity contribution in [1.29, 1.82) is 0 Å². The fourth-order valence-electron chi connectivity index (χ4n) is 1.89. The van der Waals surface area contributed by atoms with E-state index in [-0.39, 0.29) is 5.69 Å². The SMILES string of the molecule is CC(C)CCNc1nc(C#Cc2ccccc2)cc(C(=O)NO)n1. The normalized spacial score (nSPS) is 10.0. The molecule has 2 rings (SSSR count). The number of hydrogen-bond acceptors (Lipinski definition) is 5. The molecule has 1 aromatic carbocycles. The molecule has 0 aliphatic rings. The number of amides is 1. The monoisotopic (exact) mass is 324 g/mol. The van der Waals surface area contributed by atoms with E-state index in [1.807, 2.05) is 30.3 Å². The zero-order chi connectivity index (χ0) is 17.4. The molecule has 0 aliphatic heterocycles. The fourth-order valence-corrected chi connectivity index (χ4v) is 1.89. The molecule has 1 heterocycles. The molecule has 6 heteroatoms. The smallest absolute Gasteiger partial charge is 0.293 e. The van der Waals surface area contributed by atoms with Crippen LogP contribution < -0.4 is 10.8 Å². The number of anilines is 1. The Bertz CT molecular complexity index is 749. The molecule has 1 aromatic heterocycles. The van der Waals surface area contributed by atoms with Gasteiger partial charge in [-0.2, -0.15) is 0 Å². The van der Waals surface area contributed by atoms with E-state index in [9.17, 15) is 4.79 Å². The number of rotatable bonds is 5. The molecule has 0 radical (unpaired) electrons. The molecular formula is C18H20N4O2. The van der Waals surface area contributed by atoms with Gasteiger partial charge in [-0.25, -0.2) is 15.4 Å². The van der Waals surface area contributed by atoms with Gasteiger partial charge in [0, 0.05) is 18.2 Å². The lowest BCUT2D eigenvalue weighted by atomic mass is 10.1. The zero-order valence-corrected chi connectivity index (χ0v) is 13.7. The van der Waals surface area contributed by atoms with Crippen molar-refractivity contribution < 1.29 is 10.0 Å². The molecule has 0 spiro atoms. The predicted molar refractivity (Wildman–Crippen MR) is 91.7 cm³/mol. The maximum Gasteiger partial charge on any atom is 0.293 e. The average Bonchev–Trinajstić information content (AvgIpc) is 2.59. The summed E-state index contributed by atoms with van der Waals surface area (Å²) in [4.78, 5) is 20.0. The Labute approximate surface area is 141 Å². The summed E-state index contributed by atoms with van der Waals surface area (Å²) in [5, 5.41) is 11.9. The quantitative estimate of drug-likeness (QED) is 0.447. The summed E-state index contributed by atoms with van der Waals surface area (Å²) in [5.74, 6) is 6.05. The van der Waals surface area contributed by atoms with Crippen LogP contribution in [0.5, 0.6) is 0 Å². The van der Waals surface area contributed by atoms with E-state index in [0.717, 1.165) is 12.0 Å². The van der Waals surface area contributed by atoms with E-state index in [1.165, 1.54) is 6.07 Å². The third-order valence-corrected chi connectivity index (χ3v) is 3.17. The van der Waals surface area contributed by atoms with Crippen LogP contribution in [0, 0.1) is 17.8 Å². The van der Waals surface area contributed by atoms with Crippen molar-refractivity contribution in [2.24, 2.45) is 5.92 Å². The first kappa shape index (κ1) is 17.4. The number of carbonyl (C=O) groups excluding carboxylic acids is 1. The van der Waals surface area contributed by atoms with Crippen molar-refractivity contribution >= 4 is 11.9 Å². The van der Waals surface area contributed by atoms with E-state index in [1.54, 1.807) is 5.48 Å². The molecule has 24 heavy (non-hydrogen) atoms. The Morgan fingerprint density at radius 3 is 2.62 bits per heavy atom. The first-order valence-corrected chi connectivity index (χ1v) is 7.73. The summed E-state index contributed by atoms with van der Waals surface area (Å²) in [6, 6.07) is 10.9. The molecule has 0 saturated carbocycles. The van der Waals surface area contributed by atoms with Crippen LogP contribution in [0.15, 0.2) is 36.4 Å². The summed E-state index contributed by atoms with van der Waals surface area (Å²) >= 11 is 0. The lowest BCUT2D eigenvalue weighted by Gasteiger charge is -2.08. The van der Waals surface area contributed by atoms with Crippen LogP contribution in [0.1, 0.15) is 42.0 Å². The molecule has 0 fully saturated rings.